The summed E-state index contributed by atoms with van der Waals surface area (Å²) in [5.74, 6) is 0.266. The van der Waals surface area contributed by atoms with Gasteiger partial charge in [0.1, 0.15) is 5.60 Å². The smallest absolute Gasteiger partial charge is 0.410 e. The van der Waals surface area contributed by atoms with E-state index in [1.165, 1.54) is 0 Å². The highest BCUT2D eigenvalue weighted by molar-refractivity contribution is 5.78. The van der Waals surface area contributed by atoms with Crippen LogP contribution in [0.5, 0.6) is 0 Å². The van der Waals surface area contributed by atoms with Crippen LogP contribution in [0.2, 0.25) is 0 Å². The summed E-state index contributed by atoms with van der Waals surface area (Å²) in [6.45, 7) is 8.97. The van der Waals surface area contributed by atoms with Gasteiger partial charge in [0.05, 0.1) is 5.92 Å². The fourth-order valence-corrected chi connectivity index (χ4v) is 3.28. The molecule has 0 aromatic heterocycles. The maximum absolute atomic E-state index is 12.1. The summed E-state index contributed by atoms with van der Waals surface area (Å²) in [6, 6.07) is 0.480. The lowest BCUT2D eigenvalue weighted by Crippen LogP contribution is -2.47. The normalized spacial score (nSPS) is 24.4. The van der Waals surface area contributed by atoms with Crippen molar-refractivity contribution in [3.8, 4) is 0 Å². The van der Waals surface area contributed by atoms with E-state index in [1.54, 1.807) is 11.9 Å². The summed E-state index contributed by atoms with van der Waals surface area (Å²) in [5, 5.41) is 2.74. The highest BCUT2D eigenvalue weighted by Gasteiger charge is 2.34. The Morgan fingerprint density at radius 2 is 1.73 bits per heavy atom. The monoisotopic (exact) mass is 311 g/mol. The summed E-state index contributed by atoms with van der Waals surface area (Å²) in [6.07, 6.45) is 2.64. The standard InChI is InChI=1S/C16H29N3O3/c1-16(2,3)22-15(21)18-9-6-13(7-10-18)19-8-5-12(11-19)14(20)17-4/h12-13H,5-11H2,1-4H3,(H,17,20). The van der Waals surface area contributed by atoms with E-state index in [9.17, 15) is 9.59 Å². The summed E-state index contributed by atoms with van der Waals surface area (Å²) in [5.41, 5.74) is -0.441. The van der Waals surface area contributed by atoms with Gasteiger partial charge in [0.25, 0.3) is 0 Å². The summed E-state index contributed by atoms with van der Waals surface area (Å²) in [7, 11) is 1.70. The van der Waals surface area contributed by atoms with Gasteiger partial charge in [-0.2, -0.15) is 0 Å². The van der Waals surface area contributed by atoms with Crippen molar-refractivity contribution in [2.75, 3.05) is 33.2 Å². The molecule has 2 aliphatic heterocycles. The first-order valence-electron chi connectivity index (χ1n) is 8.23. The Morgan fingerprint density at radius 1 is 1.09 bits per heavy atom. The number of rotatable bonds is 2. The zero-order chi connectivity index (χ0) is 16.3. The quantitative estimate of drug-likeness (QED) is 0.838. The molecule has 0 aliphatic carbocycles. The number of piperidine rings is 1. The van der Waals surface area contributed by atoms with Crippen molar-refractivity contribution in [1.82, 2.24) is 15.1 Å². The minimum absolute atomic E-state index is 0.119. The average Bonchev–Trinajstić information content (AvgIpc) is 2.94. The predicted octanol–water partition coefficient (Wildman–Crippen LogP) is 1.45. The van der Waals surface area contributed by atoms with Crippen LogP contribution in [-0.2, 0) is 9.53 Å². The fourth-order valence-electron chi connectivity index (χ4n) is 3.28. The van der Waals surface area contributed by atoms with Crippen LogP contribution in [0.25, 0.3) is 0 Å². The number of carbonyl (C=O) groups is 2. The maximum Gasteiger partial charge on any atom is 0.410 e. The van der Waals surface area contributed by atoms with E-state index in [0.717, 1.165) is 45.4 Å². The van der Waals surface area contributed by atoms with Gasteiger partial charge in [-0.1, -0.05) is 0 Å². The second-order valence-electron chi connectivity index (χ2n) is 7.29. The van der Waals surface area contributed by atoms with E-state index in [-0.39, 0.29) is 17.9 Å². The number of hydrogen-bond donors (Lipinski definition) is 1. The lowest BCUT2D eigenvalue weighted by molar-refractivity contribution is -0.124. The van der Waals surface area contributed by atoms with Gasteiger partial charge in [-0.3, -0.25) is 9.69 Å². The highest BCUT2D eigenvalue weighted by Crippen LogP contribution is 2.25. The minimum atomic E-state index is -0.441. The molecule has 2 amide bonds. The Labute approximate surface area is 133 Å². The van der Waals surface area contributed by atoms with Crippen LogP contribution in [0.1, 0.15) is 40.0 Å². The zero-order valence-corrected chi connectivity index (χ0v) is 14.2. The summed E-state index contributed by atoms with van der Waals surface area (Å²) in [4.78, 5) is 28.0. The van der Waals surface area contributed by atoms with Crippen molar-refractivity contribution in [2.45, 2.75) is 51.7 Å². The van der Waals surface area contributed by atoms with E-state index < -0.39 is 5.60 Å². The Hall–Kier alpha value is -1.30. The average molecular weight is 311 g/mol. The van der Waals surface area contributed by atoms with Gasteiger partial charge >= 0.3 is 6.09 Å². The molecular formula is C16H29N3O3. The first-order chi connectivity index (χ1) is 10.3. The van der Waals surface area contributed by atoms with Crippen LogP contribution in [0.4, 0.5) is 4.79 Å². The first-order valence-corrected chi connectivity index (χ1v) is 8.23. The van der Waals surface area contributed by atoms with Crippen molar-refractivity contribution in [2.24, 2.45) is 5.92 Å². The Kier molecular flexibility index (Phi) is 5.32. The molecule has 2 rings (SSSR count). The number of amides is 2. The molecule has 1 N–H and O–H groups in total. The van der Waals surface area contributed by atoms with Crippen molar-refractivity contribution in [1.29, 1.82) is 0 Å². The molecule has 6 heteroatoms. The summed E-state index contributed by atoms with van der Waals surface area (Å²) < 4.78 is 5.42. The van der Waals surface area contributed by atoms with Gasteiger partial charge in [-0.15, -0.1) is 0 Å². The number of nitrogens with one attached hydrogen (secondary N) is 1. The molecular weight excluding hydrogens is 282 g/mol. The van der Waals surface area contributed by atoms with E-state index in [4.69, 9.17) is 4.74 Å². The molecule has 2 saturated heterocycles. The van der Waals surface area contributed by atoms with E-state index in [1.807, 2.05) is 20.8 Å². The van der Waals surface area contributed by atoms with Crippen LogP contribution in [0, 0.1) is 5.92 Å². The molecule has 0 saturated carbocycles. The topological polar surface area (TPSA) is 61.9 Å². The third-order valence-corrected chi connectivity index (χ3v) is 4.47. The minimum Gasteiger partial charge on any atom is -0.444 e. The largest absolute Gasteiger partial charge is 0.444 e. The molecule has 0 aromatic rings. The molecule has 22 heavy (non-hydrogen) atoms. The Bertz CT molecular complexity index is 411. The number of carbonyl (C=O) groups excluding carboxylic acids is 2. The molecule has 0 spiro atoms. The molecule has 0 bridgehead atoms. The fraction of sp³-hybridized carbons (Fsp3) is 0.875. The number of nitrogens with zero attached hydrogens (tertiary/aromatic N) is 2. The van der Waals surface area contributed by atoms with E-state index in [0.29, 0.717) is 6.04 Å². The second-order valence-corrected chi connectivity index (χ2v) is 7.29. The van der Waals surface area contributed by atoms with Gasteiger partial charge in [0.15, 0.2) is 0 Å². The molecule has 126 valence electrons. The van der Waals surface area contributed by atoms with Gasteiger partial charge in [-0.05, 0) is 46.6 Å². The molecule has 2 heterocycles. The predicted molar refractivity (Wildman–Crippen MR) is 84.6 cm³/mol. The third-order valence-electron chi connectivity index (χ3n) is 4.47. The van der Waals surface area contributed by atoms with Crippen LogP contribution in [0.15, 0.2) is 0 Å². The van der Waals surface area contributed by atoms with E-state index in [2.05, 4.69) is 10.2 Å². The van der Waals surface area contributed by atoms with Crippen molar-refractivity contribution in [3.05, 3.63) is 0 Å². The Balaban J connectivity index is 1.78. The molecule has 1 unspecified atom stereocenters. The SMILES string of the molecule is CNC(=O)C1CCN(C2CCN(C(=O)OC(C)(C)C)CC2)C1. The van der Waals surface area contributed by atoms with Crippen molar-refractivity contribution < 1.29 is 14.3 Å². The number of likely N-dealkylation sites (tertiary alicyclic amines) is 2. The zero-order valence-electron chi connectivity index (χ0n) is 14.2. The maximum atomic E-state index is 12.1. The lowest BCUT2D eigenvalue weighted by Gasteiger charge is -2.37. The summed E-state index contributed by atoms with van der Waals surface area (Å²) >= 11 is 0. The second kappa shape index (κ2) is 6.86. The molecule has 2 aliphatic rings. The molecule has 2 fully saturated rings. The molecule has 1 atom stereocenters. The van der Waals surface area contributed by atoms with Gasteiger partial charge in [0, 0.05) is 32.7 Å². The van der Waals surface area contributed by atoms with Crippen LogP contribution < -0.4 is 5.32 Å². The van der Waals surface area contributed by atoms with Gasteiger partial charge in [-0.25, -0.2) is 4.79 Å². The molecule has 6 nitrogen and oxygen atoms in total. The number of ether oxygens (including phenoxy) is 1. The van der Waals surface area contributed by atoms with Crippen LogP contribution in [-0.4, -0.2) is 66.7 Å². The van der Waals surface area contributed by atoms with E-state index >= 15 is 0 Å². The van der Waals surface area contributed by atoms with Crippen molar-refractivity contribution in [3.63, 3.8) is 0 Å². The van der Waals surface area contributed by atoms with Gasteiger partial charge in [0.2, 0.25) is 5.91 Å². The Morgan fingerprint density at radius 3 is 2.27 bits per heavy atom. The highest BCUT2D eigenvalue weighted by atomic mass is 16.6. The van der Waals surface area contributed by atoms with Crippen molar-refractivity contribution >= 4 is 12.0 Å². The third kappa shape index (κ3) is 4.35. The van der Waals surface area contributed by atoms with Crippen LogP contribution >= 0.6 is 0 Å². The number of hydrogen-bond acceptors (Lipinski definition) is 4. The molecule has 0 radical (unpaired) electrons. The van der Waals surface area contributed by atoms with Crippen LogP contribution in [0.3, 0.4) is 0 Å². The molecule has 0 aromatic carbocycles. The first kappa shape index (κ1) is 17.1. The lowest BCUT2D eigenvalue weighted by atomic mass is 10.0. The van der Waals surface area contributed by atoms with Gasteiger partial charge < -0.3 is 15.0 Å².